The Morgan fingerprint density at radius 3 is 1.16 bits per heavy atom. The highest BCUT2D eigenvalue weighted by Crippen LogP contribution is 2.43. The highest BCUT2D eigenvalue weighted by Gasteiger charge is 2.25. The summed E-state index contributed by atoms with van der Waals surface area (Å²) in [6.07, 6.45) is 48.4. The van der Waals surface area contributed by atoms with E-state index in [1.807, 2.05) is 0 Å². The topological polar surface area (TPSA) is 108 Å². The molecule has 338 valence electrons. The Hall–Kier alpha value is -1.21. The molecule has 0 rings (SSSR count). The second-order valence-corrected chi connectivity index (χ2v) is 17.9. The summed E-state index contributed by atoms with van der Waals surface area (Å²) in [5, 5.41) is 0. The summed E-state index contributed by atoms with van der Waals surface area (Å²) < 4.78 is 32.8. The maximum Gasteiger partial charge on any atom is 0.472 e. The van der Waals surface area contributed by atoms with Crippen molar-refractivity contribution in [1.82, 2.24) is 0 Å². The third-order valence-electron chi connectivity index (χ3n) is 10.8. The average Bonchev–Trinajstić information content (AvgIpc) is 3.19. The minimum absolute atomic E-state index is 0.00303. The Morgan fingerprint density at radius 1 is 0.456 bits per heavy atom. The molecule has 0 spiro atoms. The van der Waals surface area contributed by atoms with Crippen molar-refractivity contribution in [2.75, 3.05) is 19.8 Å². The molecule has 0 bridgehead atoms. The predicted octanol–water partition coefficient (Wildman–Crippen LogP) is 15.6. The molecule has 9 heteroatoms. The van der Waals surface area contributed by atoms with Gasteiger partial charge in [-0.2, -0.15) is 0 Å². The molecule has 57 heavy (non-hydrogen) atoms. The van der Waals surface area contributed by atoms with Gasteiger partial charge in [-0.15, -0.1) is 0 Å². The summed E-state index contributed by atoms with van der Waals surface area (Å²) in [4.78, 5) is 34.9. The number of carbonyl (C=O) groups excluding carboxylic acids is 2. The van der Waals surface area contributed by atoms with Gasteiger partial charge in [0.25, 0.3) is 0 Å². The van der Waals surface area contributed by atoms with Gasteiger partial charge < -0.3 is 14.4 Å². The number of allylic oxidation sites excluding steroid dienone is 2. The molecule has 0 saturated heterocycles. The van der Waals surface area contributed by atoms with Crippen molar-refractivity contribution in [3.8, 4) is 0 Å². The first-order chi connectivity index (χ1) is 27.8. The zero-order valence-electron chi connectivity index (χ0n) is 37.8. The van der Waals surface area contributed by atoms with E-state index in [1.165, 1.54) is 173 Å². The van der Waals surface area contributed by atoms with Crippen LogP contribution in [0.15, 0.2) is 12.2 Å². The van der Waals surface area contributed by atoms with Gasteiger partial charge in [0.2, 0.25) is 0 Å². The summed E-state index contributed by atoms with van der Waals surface area (Å²) in [6.45, 7) is 5.52. The van der Waals surface area contributed by atoms with Crippen molar-refractivity contribution >= 4 is 19.8 Å². The molecule has 0 aromatic carbocycles. The number of phosphoric acid groups is 1. The van der Waals surface area contributed by atoms with Crippen molar-refractivity contribution in [3.05, 3.63) is 12.2 Å². The molecule has 2 unspecified atom stereocenters. The van der Waals surface area contributed by atoms with E-state index >= 15 is 0 Å². The lowest BCUT2D eigenvalue weighted by Gasteiger charge is -2.19. The van der Waals surface area contributed by atoms with Gasteiger partial charge in [0.1, 0.15) is 6.61 Å². The first-order valence-electron chi connectivity index (χ1n) is 24.5. The summed E-state index contributed by atoms with van der Waals surface area (Å²) in [6, 6.07) is 0. The predicted molar refractivity (Wildman–Crippen MR) is 240 cm³/mol. The molecule has 0 aliphatic rings. The van der Waals surface area contributed by atoms with Crippen LogP contribution in [0.5, 0.6) is 0 Å². The second-order valence-electron chi connectivity index (χ2n) is 16.5. The van der Waals surface area contributed by atoms with Crippen LogP contribution in [-0.4, -0.2) is 42.8 Å². The van der Waals surface area contributed by atoms with Crippen LogP contribution in [-0.2, 0) is 32.7 Å². The molecule has 0 saturated carbocycles. The first-order valence-corrected chi connectivity index (χ1v) is 26.0. The van der Waals surface area contributed by atoms with E-state index in [-0.39, 0.29) is 32.2 Å². The fourth-order valence-electron chi connectivity index (χ4n) is 7.21. The Balaban J connectivity index is 3.97. The van der Waals surface area contributed by atoms with Crippen molar-refractivity contribution in [1.29, 1.82) is 0 Å². The SMILES string of the molecule is CCCCCCCC/C=C\CCCCCCCCCC(=O)OC(COC(=O)CCCCCCCCCCCCCCCCCCCCCC)COP(=O)(O)OCC. The number of ether oxygens (including phenoxy) is 2. The minimum Gasteiger partial charge on any atom is -0.462 e. The lowest BCUT2D eigenvalue weighted by Crippen LogP contribution is -2.29. The zero-order chi connectivity index (χ0) is 41.8. The van der Waals surface area contributed by atoms with Crippen LogP contribution in [0.3, 0.4) is 0 Å². The quantitative estimate of drug-likeness (QED) is 0.0280. The van der Waals surface area contributed by atoms with Crippen LogP contribution < -0.4 is 0 Å². The van der Waals surface area contributed by atoms with Gasteiger partial charge in [-0.05, 0) is 45.4 Å². The van der Waals surface area contributed by atoms with E-state index in [2.05, 4.69) is 26.0 Å². The fraction of sp³-hybridized carbons (Fsp3) is 0.917. The molecule has 0 radical (unpaired) electrons. The average molecular weight is 829 g/mol. The third kappa shape index (κ3) is 44.2. The second kappa shape index (κ2) is 44.3. The molecule has 0 aromatic rings. The highest BCUT2D eigenvalue weighted by molar-refractivity contribution is 7.47. The molecule has 0 aliphatic carbocycles. The van der Waals surface area contributed by atoms with E-state index in [1.54, 1.807) is 6.92 Å². The smallest absolute Gasteiger partial charge is 0.462 e. The van der Waals surface area contributed by atoms with Gasteiger partial charge in [-0.25, -0.2) is 4.57 Å². The van der Waals surface area contributed by atoms with Crippen molar-refractivity contribution in [2.24, 2.45) is 0 Å². The molecule has 0 aromatic heterocycles. The molecule has 0 amide bonds. The third-order valence-corrected chi connectivity index (χ3v) is 11.9. The molecule has 2 atom stereocenters. The Bertz CT molecular complexity index is 941. The maximum atomic E-state index is 12.6. The van der Waals surface area contributed by atoms with E-state index in [9.17, 15) is 19.0 Å². The lowest BCUT2D eigenvalue weighted by atomic mass is 10.0. The van der Waals surface area contributed by atoms with Gasteiger partial charge in [0.05, 0.1) is 13.2 Å². The maximum absolute atomic E-state index is 12.6. The van der Waals surface area contributed by atoms with Gasteiger partial charge in [-0.1, -0.05) is 212 Å². The summed E-state index contributed by atoms with van der Waals surface area (Å²) >= 11 is 0. The first kappa shape index (κ1) is 55.8. The zero-order valence-corrected chi connectivity index (χ0v) is 38.7. The van der Waals surface area contributed by atoms with Crippen molar-refractivity contribution in [3.63, 3.8) is 0 Å². The summed E-state index contributed by atoms with van der Waals surface area (Å²) in [7, 11) is -4.28. The van der Waals surface area contributed by atoms with Crippen molar-refractivity contribution in [2.45, 2.75) is 264 Å². The van der Waals surface area contributed by atoms with E-state index in [0.717, 1.165) is 44.9 Å². The largest absolute Gasteiger partial charge is 0.472 e. The van der Waals surface area contributed by atoms with Gasteiger partial charge >= 0.3 is 19.8 Å². The molecule has 1 N–H and O–H groups in total. The lowest BCUT2D eigenvalue weighted by molar-refractivity contribution is -0.161. The molecule has 0 aliphatic heterocycles. The van der Waals surface area contributed by atoms with Crippen LogP contribution in [0.1, 0.15) is 258 Å². The number of hydrogen-bond donors (Lipinski definition) is 1. The molecule has 0 heterocycles. The normalized spacial score (nSPS) is 13.3. The highest BCUT2D eigenvalue weighted by atomic mass is 31.2. The minimum atomic E-state index is -4.28. The van der Waals surface area contributed by atoms with Crippen LogP contribution in [0.25, 0.3) is 0 Å². The number of unbranched alkanes of at least 4 members (excludes halogenated alkanes) is 32. The summed E-state index contributed by atoms with van der Waals surface area (Å²) in [5.41, 5.74) is 0. The van der Waals surface area contributed by atoms with E-state index in [4.69, 9.17) is 18.5 Å². The van der Waals surface area contributed by atoms with Crippen LogP contribution in [0.4, 0.5) is 0 Å². The fourth-order valence-corrected chi connectivity index (χ4v) is 7.97. The van der Waals surface area contributed by atoms with E-state index < -0.39 is 19.9 Å². The molecule has 8 nitrogen and oxygen atoms in total. The van der Waals surface area contributed by atoms with Crippen molar-refractivity contribution < 1.29 is 37.6 Å². The van der Waals surface area contributed by atoms with Gasteiger partial charge in [0.15, 0.2) is 6.10 Å². The van der Waals surface area contributed by atoms with Gasteiger partial charge in [0, 0.05) is 12.8 Å². The van der Waals surface area contributed by atoms with Crippen LogP contribution in [0.2, 0.25) is 0 Å². The van der Waals surface area contributed by atoms with Gasteiger partial charge in [-0.3, -0.25) is 18.6 Å². The molecule has 0 fully saturated rings. The van der Waals surface area contributed by atoms with E-state index in [0.29, 0.717) is 12.8 Å². The Kier molecular flexibility index (Phi) is 43.4. The number of phosphoric ester groups is 1. The standard InChI is InChI=1S/C48H93O8P/c1-4-7-9-11-13-15-17-19-21-23-24-25-27-28-30-32-34-36-38-40-42-47(49)53-44-46(45-55-57(51,52)54-6-3)56-48(50)43-41-39-37-35-33-31-29-26-22-20-18-16-14-12-10-8-5-2/h20,22,46H,4-19,21,23-45H2,1-3H3,(H,51,52)/b22-20-. The number of esters is 2. The Labute approximate surface area is 352 Å². The number of carbonyl (C=O) groups is 2. The Morgan fingerprint density at radius 2 is 0.789 bits per heavy atom. The number of rotatable bonds is 46. The van der Waals surface area contributed by atoms with Crippen LogP contribution >= 0.6 is 7.82 Å². The monoisotopic (exact) mass is 829 g/mol. The molecular weight excluding hydrogens is 735 g/mol. The number of hydrogen-bond acceptors (Lipinski definition) is 7. The van der Waals surface area contributed by atoms with Crippen LogP contribution in [0, 0.1) is 0 Å². The summed E-state index contributed by atoms with van der Waals surface area (Å²) in [5.74, 6) is -0.787. The molecular formula is C48H93O8P.